The molecule has 1 rings (SSSR count). The van der Waals surface area contributed by atoms with Crippen LogP contribution in [0.1, 0.15) is 38.5 Å². The molecule has 0 aliphatic heterocycles. The van der Waals surface area contributed by atoms with Gasteiger partial charge in [0.05, 0.1) is 5.69 Å². The fraction of sp³-hybridized carbons (Fsp3) is 0.571. The van der Waals surface area contributed by atoms with Gasteiger partial charge >= 0.3 is 0 Å². The summed E-state index contributed by atoms with van der Waals surface area (Å²) in [6.45, 7) is 6.26. The van der Waals surface area contributed by atoms with Crippen molar-refractivity contribution in [2.45, 2.75) is 32.8 Å². The molecule has 0 saturated heterocycles. The van der Waals surface area contributed by atoms with Crippen molar-refractivity contribution in [3.05, 3.63) is 30.1 Å². The Kier molecular flexibility index (Phi) is 6.83. The average Bonchev–Trinajstić information content (AvgIpc) is 2.40. The highest BCUT2D eigenvalue weighted by Crippen LogP contribution is 2.19. The van der Waals surface area contributed by atoms with Crippen molar-refractivity contribution < 1.29 is 4.74 Å². The maximum Gasteiger partial charge on any atom is 0.149 e. The Bertz CT molecular complexity index is 350. The molecule has 0 N–H and O–H groups in total. The third-order valence-electron chi connectivity index (χ3n) is 2.72. The lowest BCUT2D eigenvalue weighted by Crippen LogP contribution is -2.36. The van der Waals surface area contributed by atoms with Gasteiger partial charge in [-0.25, -0.2) is 0 Å². The Balaban J connectivity index is 2.83. The van der Waals surface area contributed by atoms with Crippen LogP contribution in [-0.4, -0.2) is 35.1 Å². The minimum absolute atomic E-state index is 0.223. The van der Waals surface area contributed by atoms with Crippen LogP contribution in [0.3, 0.4) is 0 Å². The Morgan fingerprint density at radius 1 is 1.33 bits per heavy atom. The van der Waals surface area contributed by atoms with Crippen molar-refractivity contribution in [2.24, 2.45) is 0 Å². The fourth-order valence-electron chi connectivity index (χ4n) is 1.92. The van der Waals surface area contributed by atoms with Crippen molar-refractivity contribution >= 4 is 17.2 Å². The molecule has 0 amide bonds. The maximum absolute atomic E-state index is 5.57. The maximum atomic E-state index is 5.57. The smallest absolute Gasteiger partial charge is 0.149 e. The molecular formula is C14H22N2OS. The lowest BCUT2D eigenvalue weighted by Gasteiger charge is -2.28. The Morgan fingerprint density at radius 2 is 2.00 bits per heavy atom. The van der Waals surface area contributed by atoms with Gasteiger partial charge in [0.1, 0.15) is 11.1 Å². The van der Waals surface area contributed by atoms with E-state index in [0.717, 1.165) is 36.6 Å². The molecule has 0 fully saturated rings. The summed E-state index contributed by atoms with van der Waals surface area (Å²) in [6.07, 6.45) is 3.71. The van der Waals surface area contributed by atoms with E-state index < -0.39 is 0 Å². The summed E-state index contributed by atoms with van der Waals surface area (Å²) >= 11 is 5.57. The standard InChI is InChI=1S/C14H22N2OS/c1-4-10-16(11-5-2)14(18)13(17-3)12-8-6-7-9-15-12/h6-9,13H,4-5,10-11H2,1-3H3. The highest BCUT2D eigenvalue weighted by atomic mass is 32.1. The number of methoxy groups -OCH3 is 1. The summed E-state index contributed by atoms with van der Waals surface area (Å²) in [5, 5.41) is 0. The van der Waals surface area contributed by atoms with E-state index in [1.165, 1.54) is 0 Å². The molecule has 1 aromatic heterocycles. The van der Waals surface area contributed by atoms with Gasteiger partial charge in [0, 0.05) is 26.4 Å². The molecule has 3 nitrogen and oxygen atoms in total. The van der Waals surface area contributed by atoms with Crippen LogP contribution >= 0.6 is 12.2 Å². The molecule has 1 atom stereocenters. The van der Waals surface area contributed by atoms with Gasteiger partial charge in [-0.1, -0.05) is 32.1 Å². The van der Waals surface area contributed by atoms with Crippen molar-refractivity contribution in [3.63, 3.8) is 0 Å². The Morgan fingerprint density at radius 3 is 2.44 bits per heavy atom. The topological polar surface area (TPSA) is 25.4 Å². The largest absolute Gasteiger partial charge is 0.368 e. The molecule has 0 radical (unpaired) electrons. The second-order valence-electron chi connectivity index (χ2n) is 4.20. The number of nitrogens with zero attached hydrogens (tertiary/aromatic N) is 2. The van der Waals surface area contributed by atoms with E-state index in [1.807, 2.05) is 18.2 Å². The summed E-state index contributed by atoms with van der Waals surface area (Å²) in [5.41, 5.74) is 0.877. The van der Waals surface area contributed by atoms with Crippen molar-refractivity contribution in [2.75, 3.05) is 20.2 Å². The van der Waals surface area contributed by atoms with Crippen LogP contribution in [0.2, 0.25) is 0 Å². The molecule has 0 spiro atoms. The van der Waals surface area contributed by atoms with E-state index in [2.05, 4.69) is 23.7 Å². The van der Waals surface area contributed by atoms with Gasteiger partial charge in [0.2, 0.25) is 0 Å². The molecule has 0 aliphatic carbocycles. The SMILES string of the molecule is CCCN(CCC)C(=S)C(OC)c1ccccn1. The third-order valence-corrected chi connectivity index (χ3v) is 3.19. The van der Waals surface area contributed by atoms with Crippen molar-refractivity contribution in [1.29, 1.82) is 0 Å². The zero-order valence-electron chi connectivity index (χ0n) is 11.4. The molecule has 100 valence electrons. The molecule has 1 heterocycles. The highest BCUT2D eigenvalue weighted by molar-refractivity contribution is 7.80. The number of ether oxygens (including phenoxy) is 1. The van der Waals surface area contributed by atoms with Crippen molar-refractivity contribution in [1.82, 2.24) is 9.88 Å². The third kappa shape index (κ3) is 4.03. The molecule has 1 aromatic rings. The van der Waals surface area contributed by atoms with Crippen LogP contribution in [0.5, 0.6) is 0 Å². The van der Waals surface area contributed by atoms with Crippen LogP contribution in [-0.2, 0) is 4.74 Å². The predicted octanol–water partition coefficient (Wildman–Crippen LogP) is 3.22. The first-order chi connectivity index (χ1) is 8.74. The van der Waals surface area contributed by atoms with E-state index in [0.29, 0.717) is 0 Å². The summed E-state index contributed by atoms with van der Waals surface area (Å²) in [4.78, 5) is 7.39. The molecule has 0 saturated carbocycles. The normalized spacial score (nSPS) is 12.2. The average molecular weight is 266 g/mol. The summed E-state index contributed by atoms with van der Waals surface area (Å²) in [5.74, 6) is 0. The monoisotopic (exact) mass is 266 g/mol. The van der Waals surface area contributed by atoms with Crippen LogP contribution in [0.4, 0.5) is 0 Å². The summed E-state index contributed by atoms with van der Waals surface area (Å²) in [6, 6.07) is 5.81. The number of hydrogen-bond acceptors (Lipinski definition) is 3. The van der Waals surface area contributed by atoms with Gasteiger partial charge in [-0.3, -0.25) is 4.98 Å². The van der Waals surface area contributed by atoms with Crippen LogP contribution in [0.25, 0.3) is 0 Å². The van der Waals surface area contributed by atoms with E-state index in [9.17, 15) is 0 Å². The first kappa shape index (κ1) is 15.1. The van der Waals surface area contributed by atoms with Gasteiger partial charge < -0.3 is 9.64 Å². The van der Waals surface area contributed by atoms with E-state index in [4.69, 9.17) is 17.0 Å². The zero-order chi connectivity index (χ0) is 13.4. The summed E-state index contributed by atoms with van der Waals surface area (Å²) in [7, 11) is 1.68. The minimum atomic E-state index is -0.223. The number of pyridine rings is 1. The second kappa shape index (κ2) is 8.16. The molecule has 4 heteroatoms. The van der Waals surface area contributed by atoms with E-state index in [1.54, 1.807) is 13.3 Å². The first-order valence-electron chi connectivity index (χ1n) is 6.47. The number of thiocarbonyl (C=S) groups is 1. The molecule has 18 heavy (non-hydrogen) atoms. The van der Waals surface area contributed by atoms with E-state index in [-0.39, 0.29) is 6.10 Å². The van der Waals surface area contributed by atoms with Gasteiger partial charge in [-0.2, -0.15) is 0 Å². The van der Waals surface area contributed by atoms with Crippen LogP contribution in [0, 0.1) is 0 Å². The fourth-order valence-corrected chi connectivity index (χ4v) is 2.32. The molecule has 1 unspecified atom stereocenters. The first-order valence-corrected chi connectivity index (χ1v) is 6.87. The number of hydrogen-bond donors (Lipinski definition) is 0. The van der Waals surface area contributed by atoms with Gasteiger partial charge in [0.25, 0.3) is 0 Å². The molecular weight excluding hydrogens is 244 g/mol. The molecule has 0 aliphatic rings. The van der Waals surface area contributed by atoms with Gasteiger partial charge in [-0.15, -0.1) is 0 Å². The predicted molar refractivity (Wildman–Crippen MR) is 78.7 cm³/mol. The van der Waals surface area contributed by atoms with Gasteiger partial charge in [0.15, 0.2) is 0 Å². The van der Waals surface area contributed by atoms with Crippen LogP contribution < -0.4 is 0 Å². The van der Waals surface area contributed by atoms with Gasteiger partial charge in [-0.05, 0) is 25.0 Å². The second-order valence-corrected chi connectivity index (χ2v) is 4.61. The quantitative estimate of drug-likeness (QED) is 0.708. The number of aromatic nitrogens is 1. The zero-order valence-corrected chi connectivity index (χ0v) is 12.2. The number of rotatable bonds is 7. The van der Waals surface area contributed by atoms with E-state index >= 15 is 0 Å². The lowest BCUT2D eigenvalue weighted by molar-refractivity contribution is 0.143. The minimum Gasteiger partial charge on any atom is -0.368 e. The highest BCUT2D eigenvalue weighted by Gasteiger charge is 2.21. The Hall–Kier alpha value is -1.00. The van der Waals surface area contributed by atoms with Crippen molar-refractivity contribution in [3.8, 4) is 0 Å². The van der Waals surface area contributed by atoms with Crippen LogP contribution in [0.15, 0.2) is 24.4 Å². The molecule has 0 aromatic carbocycles. The summed E-state index contributed by atoms with van der Waals surface area (Å²) < 4.78 is 5.53. The Labute approximate surface area is 115 Å². The lowest BCUT2D eigenvalue weighted by atomic mass is 10.2. The molecule has 0 bridgehead atoms.